The fraction of sp³-hybridized carbons (Fsp3) is 0.800. The van der Waals surface area contributed by atoms with Gasteiger partial charge in [0.1, 0.15) is 5.82 Å². The summed E-state index contributed by atoms with van der Waals surface area (Å²) in [6.07, 6.45) is 19.3. The monoisotopic (exact) mass is 566 g/mol. The van der Waals surface area contributed by atoms with Crippen molar-refractivity contribution < 1.29 is 17.4 Å². The van der Waals surface area contributed by atoms with Crippen LogP contribution in [0.3, 0.4) is 0 Å². The highest BCUT2D eigenvalue weighted by molar-refractivity contribution is 7.85. The Labute approximate surface area is 238 Å². The average molecular weight is 567 g/mol. The Bertz CT molecular complexity index is 887. The molecule has 0 bridgehead atoms. The summed E-state index contributed by atoms with van der Waals surface area (Å²) in [6, 6.07) is 4.51. The van der Waals surface area contributed by atoms with Gasteiger partial charge in [0.05, 0.1) is 18.4 Å². The number of carbonyl (C=O) groups is 1. The van der Waals surface area contributed by atoms with Crippen LogP contribution >= 0.6 is 0 Å². The molecule has 2 heterocycles. The van der Waals surface area contributed by atoms with Crippen LogP contribution < -0.4 is 10.2 Å². The second-order valence-electron chi connectivity index (χ2n) is 11.1. The van der Waals surface area contributed by atoms with E-state index in [4.69, 9.17) is 4.18 Å². The van der Waals surface area contributed by atoms with Crippen molar-refractivity contribution in [2.24, 2.45) is 0 Å². The highest BCUT2D eigenvalue weighted by Gasteiger charge is 2.21. The third-order valence-corrected chi connectivity index (χ3v) is 8.36. The Balaban J connectivity index is 1.40. The van der Waals surface area contributed by atoms with Crippen molar-refractivity contribution in [2.45, 2.75) is 110 Å². The summed E-state index contributed by atoms with van der Waals surface area (Å²) in [5.74, 6) is 0.933. The molecule has 1 aromatic rings. The zero-order chi connectivity index (χ0) is 28.3. The van der Waals surface area contributed by atoms with E-state index in [0.29, 0.717) is 18.2 Å². The lowest BCUT2D eigenvalue weighted by Gasteiger charge is -2.38. The fourth-order valence-electron chi connectivity index (χ4n) is 5.04. The number of unbranched alkanes of at least 4 members (excludes halogenated alkanes) is 12. The summed E-state index contributed by atoms with van der Waals surface area (Å²) >= 11 is 0. The third-order valence-electron chi connectivity index (χ3n) is 7.77. The molecule has 1 amide bonds. The smallest absolute Gasteiger partial charge is 0.264 e. The lowest BCUT2D eigenvalue weighted by molar-refractivity contribution is 0.0952. The summed E-state index contributed by atoms with van der Waals surface area (Å²) in [4.78, 5) is 21.9. The number of carbonyl (C=O) groups excluding carboxylic acids is 1. The molecule has 1 aromatic heterocycles. The Morgan fingerprint density at radius 1 is 0.897 bits per heavy atom. The maximum Gasteiger partial charge on any atom is 0.264 e. The number of amides is 1. The van der Waals surface area contributed by atoms with Gasteiger partial charge < -0.3 is 10.2 Å². The van der Waals surface area contributed by atoms with Crippen molar-refractivity contribution in [3.8, 4) is 0 Å². The van der Waals surface area contributed by atoms with E-state index in [-0.39, 0.29) is 5.91 Å². The maximum atomic E-state index is 12.5. The van der Waals surface area contributed by atoms with Crippen LogP contribution in [0.5, 0.6) is 0 Å². The highest BCUT2D eigenvalue weighted by Crippen LogP contribution is 2.16. The number of rotatable bonds is 21. The van der Waals surface area contributed by atoms with Gasteiger partial charge in [0.2, 0.25) is 0 Å². The van der Waals surface area contributed by atoms with Gasteiger partial charge in [0, 0.05) is 45.0 Å². The van der Waals surface area contributed by atoms with Crippen LogP contribution in [0, 0.1) is 0 Å². The third kappa shape index (κ3) is 15.0. The second kappa shape index (κ2) is 19.4. The number of anilines is 1. The normalized spacial score (nSPS) is 15.4. The van der Waals surface area contributed by atoms with Crippen molar-refractivity contribution in [3.63, 3.8) is 0 Å². The average Bonchev–Trinajstić information content (AvgIpc) is 2.93. The molecule has 1 atom stereocenters. The SMILES string of the molecule is CCC(C)N1CCN(c2ccc(C(=O)NCCCCCCCCCCCCCCCOS(C)(=O)=O)cn2)CC1. The highest BCUT2D eigenvalue weighted by atomic mass is 32.2. The van der Waals surface area contributed by atoms with E-state index in [1.165, 1.54) is 57.8 Å². The van der Waals surface area contributed by atoms with Crippen molar-refractivity contribution in [3.05, 3.63) is 23.9 Å². The summed E-state index contributed by atoms with van der Waals surface area (Å²) in [5, 5.41) is 3.04. The van der Waals surface area contributed by atoms with Gasteiger partial charge in [0.15, 0.2) is 0 Å². The molecule has 0 radical (unpaired) electrons. The molecule has 0 aliphatic carbocycles. The van der Waals surface area contributed by atoms with Crippen molar-refractivity contribution >= 4 is 21.8 Å². The van der Waals surface area contributed by atoms with Crippen LogP contribution in [0.4, 0.5) is 5.82 Å². The predicted octanol–water partition coefficient (Wildman–Crippen LogP) is 5.78. The number of hydrogen-bond donors (Lipinski definition) is 1. The molecule has 9 heteroatoms. The van der Waals surface area contributed by atoms with Crippen LogP contribution in [-0.2, 0) is 14.3 Å². The van der Waals surface area contributed by atoms with E-state index >= 15 is 0 Å². The molecule has 1 aliphatic rings. The van der Waals surface area contributed by atoms with E-state index in [1.807, 2.05) is 12.1 Å². The minimum Gasteiger partial charge on any atom is -0.354 e. The molecular formula is C30H54N4O4S. The van der Waals surface area contributed by atoms with Gasteiger partial charge in [-0.1, -0.05) is 77.6 Å². The first-order valence-electron chi connectivity index (χ1n) is 15.4. The molecule has 1 saturated heterocycles. The van der Waals surface area contributed by atoms with Gasteiger partial charge in [0.25, 0.3) is 16.0 Å². The molecule has 0 spiro atoms. The predicted molar refractivity (Wildman–Crippen MR) is 161 cm³/mol. The Morgan fingerprint density at radius 3 is 1.92 bits per heavy atom. The van der Waals surface area contributed by atoms with Gasteiger partial charge in [-0.3, -0.25) is 13.9 Å². The van der Waals surface area contributed by atoms with Gasteiger partial charge in [-0.25, -0.2) is 4.98 Å². The standard InChI is InChI=1S/C30H54N4O4S/c1-4-27(2)33-21-23-34(24-22-33)29-19-18-28(26-32-29)30(35)31-20-16-14-12-10-8-6-5-7-9-11-13-15-17-25-38-39(3,36)37/h18-19,26-27H,4-17,20-25H2,1-3H3,(H,31,35). The van der Waals surface area contributed by atoms with Gasteiger partial charge >= 0.3 is 0 Å². The topological polar surface area (TPSA) is 91.8 Å². The number of nitrogens with one attached hydrogen (secondary N) is 1. The van der Waals surface area contributed by atoms with E-state index in [9.17, 15) is 13.2 Å². The van der Waals surface area contributed by atoms with Crippen LogP contribution in [0.25, 0.3) is 0 Å². The zero-order valence-electron chi connectivity index (χ0n) is 24.8. The lowest BCUT2D eigenvalue weighted by Crippen LogP contribution is -2.49. The van der Waals surface area contributed by atoms with Crippen LogP contribution in [-0.4, -0.2) is 75.8 Å². The van der Waals surface area contributed by atoms with Crippen LogP contribution in [0.15, 0.2) is 18.3 Å². The van der Waals surface area contributed by atoms with Crippen LogP contribution in [0.1, 0.15) is 114 Å². The number of piperazine rings is 1. The first-order chi connectivity index (χ1) is 18.8. The maximum absolute atomic E-state index is 12.5. The quantitative estimate of drug-likeness (QED) is 0.149. The number of pyridine rings is 1. The number of hydrogen-bond acceptors (Lipinski definition) is 7. The first-order valence-corrected chi connectivity index (χ1v) is 17.2. The number of aromatic nitrogens is 1. The Hall–Kier alpha value is -1.71. The summed E-state index contributed by atoms with van der Waals surface area (Å²) < 4.78 is 26.5. The molecule has 1 unspecified atom stereocenters. The van der Waals surface area contributed by atoms with Gasteiger partial charge in [-0.05, 0) is 38.3 Å². The molecule has 224 valence electrons. The largest absolute Gasteiger partial charge is 0.354 e. The van der Waals surface area contributed by atoms with Crippen molar-refractivity contribution in [1.82, 2.24) is 15.2 Å². The van der Waals surface area contributed by atoms with E-state index in [0.717, 1.165) is 76.9 Å². The molecular weight excluding hydrogens is 512 g/mol. The van der Waals surface area contributed by atoms with E-state index in [2.05, 4.69) is 33.9 Å². The Morgan fingerprint density at radius 2 is 1.44 bits per heavy atom. The molecule has 39 heavy (non-hydrogen) atoms. The first kappa shape index (κ1) is 33.5. The van der Waals surface area contributed by atoms with E-state index < -0.39 is 10.1 Å². The molecule has 1 fully saturated rings. The fourth-order valence-corrected chi connectivity index (χ4v) is 5.46. The molecule has 0 saturated carbocycles. The number of nitrogens with zero attached hydrogens (tertiary/aromatic N) is 3. The molecule has 2 rings (SSSR count). The van der Waals surface area contributed by atoms with Gasteiger partial charge in [-0.2, -0.15) is 8.42 Å². The van der Waals surface area contributed by atoms with Crippen LogP contribution in [0.2, 0.25) is 0 Å². The summed E-state index contributed by atoms with van der Waals surface area (Å²) in [5.41, 5.74) is 0.637. The second-order valence-corrected chi connectivity index (χ2v) is 12.7. The molecule has 0 aromatic carbocycles. The Kier molecular flexibility index (Phi) is 16.6. The van der Waals surface area contributed by atoms with Crippen molar-refractivity contribution in [2.75, 3.05) is 50.5 Å². The minimum absolute atomic E-state index is 0.0297. The van der Waals surface area contributed by atoms with Crippen molar-refractivity contribution in [1.29, 1.82) is 0 Å². The van der Waals surface area contributed by atoms with E-state index in [1.54, 1.807) is 6.20 Å². The summed E-state index contributed by atoms with van der Waals surface area (Å²) in [6.45, 7) is 9.66. The molecule has 1 aliphatic heterocycles. The lowest BCUT2D eigenvalue weighted by atomic mass is 10.0. The zero-order valence-corrected chi connectivity index (χ0v) is 25.7. The summed E-state index contributed by atoms with van der Waals surface area (Å²) in [7, 11) is -3.29. The molecule has 1 N–H and O–H groups in total. The molecule has 8 nitrogen and oxygen atoms in total. The van der Waals surface area contributed by atoms with Gasteiger partial charge in [-0.15, -0.1) is 0 Å². The minimum atomic E-state index is -3.29.